The summed E-state index contributed by atoms with van der Waals surface area (Å²) in [5.74, 6) is -1.06. The van der Waals surface area contributed by atoms with E-state index < -0.39 is 11.9 Å². The number of rotatable bonds is 2. The maximum absolute atomic E-state index is 10.1. The number of carboxylic acid groups (broad SMARTS) is 1. The highest BCUT2D eigenvalue weighted by molar-refractivity contribution is 5.90. The van der Waals surface area contributed by atoms with E-state index in [-0.39, 0.29) is 11.5 Å². The van der Waals surface area contributed by atoms with Crippen LogP contribution in [0.4, 0.5) is 0 Å². The van der Waals surface area contributed by atoms with E-state index in [2.05, 4.69) is 25.5 Å². The normalized spacial score (nSPS) is 33.6. The molecule has 2 saturated carbocycles. The van der Waals surface area contributed by atoms with Gasteiger partial charge in [-0.1, -0.05) is 20.8 Å². The summed E-state index contributed by atoms with van der Waals surface area (Å²) in [5, 5.41) is 17.8. The predicted octanol–water partition coefficient (Wildman–Crippen LogP) is 1.99. The molecule has 0 saturated heterocycles. The third-order valence-electron chi connectivity index (χ3n) is 5.31. The van der Waals surface area contributed by atoms with Crippen LogP contribution in [0.2, 0.25) is 0 Å². The van der Waals surface area contributed by atoms with E-state index in [0.29, 0.717) is 11.5 Å². The average Bonchev–Trinajstić information content (AvgIpc) is 2.69. The Balaban J connectivity index is 0.000000206. The second kappa shape index (κ2) is 5.95. The highest BCUT2D eigenvalue weighted by Gasteiger charge is 2.60. The maximum Gasteiger partial charge on any atom is 0.330 e. The predicted molar refractivity (Wildman–Crippen MR) is 74.0 cm³/mol. The molecule has 0 radical (unpaired) electrons. The number of carbonyl (C=O) groups is 2. The molecule has 0 heterocycles. The minimum atomic E-state index is -1.17. The molecule has 0 aliphatic heterocycles. The molecule has 3 unspecified atom stereocenters. The molecule has 2 aliphatic rings. The Morgan fingerprint density at radius 3 is 2.10 bits per heavy atom. The standard InChI is InChI=1S/C10H18O.C5H6O4/c1-9(2)7-4-5-10(9,3)8(11)6-7;1-9-5(8)3-2-4(6)7/h7-8,11H,4-6H2,1-3H3;2-3H,1H3,(H,6,7)/b;3-2+. The quantitative estimate of drug-likeness (QED) is 0.598. The van der Waals surface area contributed by atoms with Gasteiger partial charge in [0.05, 0.1) is 13.2 Å². The van der Waals surface area contributed by atoms with Crippen LogP contribution in [0.15, 0.2) is 12.2 Å². The van der Waals surface area contributed by atoms with Gasteiger partial charge in [0.2, 0.25) is 0 Å². The summed E-state index contributed by atoms with van der Waals surface area (Å²) in [7, 11) is 1.18. The van der Waals surface area contributed by atoms with Crippen LogP contribution in [-0.4, -0.2) is 35.4 Å². The molecule has 5 nitrogen and oxygen atoms in total. The average molecular weight is 284 g/mol. The number of carbonyl (C=O) groups excluding carboxylic acids is 1. The van der Waals surface area contributed by atoms with Gasteiger partial charge in [0, 0.05) is 12.2 Å². The highest BCUT2D eigenvalue weighted by atomic mass is 16.5. The lowest BCUT2D eigenvalue weighted by Gasteiger charge is -2.36. The lowest BCUT2D eigenvalue weighted by Crippen LogP contribution is -2.35. The van der Waals surface area contributed by atoms with Crippen LogP contribution in [0.5, 0.6) is 0 Å². The van der Waals surface area contributed by atoms with Crippen molar-refractivity contribution in [1.29, 1.82) is 0 Å². The van der Waals surface area contributed by atoms with Crippen molar-refractivity contribution in [3.63, 3.8) is 0 Å². The zero-order chi connectivity index (χ0) is 15.6. The first-order chi connectivity index (χ1) is 9.15. The second-order valence-electron chi connectivity index (χ2n) is 6.32. The number of aliphatic hydroxyl groups is 1. The van der Waals surface area contributed by atoms with Crippen LogP contribution in [0.25, 0.3) is 0 Å². The third-order valence-corrected chi connectivity index (χ3v) is 5.31. The number of ether oxygens (including phenoxy) is 1. The maximum atomic E-state index is 10.1. The van der Waals surface area contributed by atoms with Crippen LogP contribution in [0.1, 0.15) is 40.0 Å². The van der Waals surface area contributed by atoms with Crippen molar-refractivity contribution in [3.8, 4) is 0 Å². The Morgan fingerprint density at radius 1 is 1.25 bits per heavy atom. The molecule has 5 heteroatoms. The van der Waals surface area contributed by atoms with Crippen LogP contribution in [0.3, 0.4) is 0 Å². The first-order valence-electron chi connectivity index (χ1n) is 6.82. The molecule has 2 rings (SSSR count). The Hall–Kier alpha value is -1.36. The fourth-order valence-corrected chi connectivity index (χ4v) is 3.37. The van der Waals surface area contributed by atoms with Crippen molar-refractivity contribution in [2.24, 2.45) is 16.7 Å². The minimum absolute atomic E-state index is 0.0313. The molecule has 2 N–H and O–H groups in total. The van der Waals surface area contributed by atoms with Crippen LogP contribution in [-0.2, 0) is 14.3 Å². The van der Waals surface area contributed by atoms with Gasteiger partial charge >= 0.3 is 11.9 Å². The first-order valence-corrected chi connectivity index (χ1v) is 6.82. The summed E-state index contributed by atoms with van der Waals surface area (Å²) in [4.78, 5) is 19.9. The molecular formula is C15H24O5. The number of aliphatic carboxylic acids is 1. The number of aliphatic hydroxyl groups excluding tert-OH is 1. The Bertz CT molecular complexity index is 412. The van der Waals surface area contributed by atoms with Crippen molar-refractivity contribution in [2.45, 2.75) is 46.1 Å². The Kier molecular flexibility index (Phi) is 4.97. The number of carboxylic acids is 1. The van der Waals surface area contributed by atoms with Gasteiger partial charge in [0.1, 0.15) is 0 Å². The van der Waals surface area contributed by atoms with Crippen molar-refractivity contribution < 1.29 is 24.5 Å². The van der Waals surface area contributed by atoms with Gasteiger partial charge in [-0.15, -0.1) is 0 Å². The summed E-state index contributed by atoms with van der Waals surface area (Å²) in [6.07, 6.45) is 5.13. The number of hydrogen-bond acceptors (Lipinski definition) is 4. The monoisotopic (exact) mass is 284 g/mol. The second-order valence-corrected chi connectivity index (χ2v) is 6.32. The van der Waals surface area contributed by atoms with E-state index in [1.54, 1.807) is 0 Å². The fourth-order valence-electron chi connectivity index (χ4n) is 3.37. The van der Waals surface area contributed by atoms with Crippen LogP contribution < -0.4 is 0 Å². The summed E-state index contributed by atoms with van der Waals surface area (Å²) >= 11 is 0. The molecule has 2 aliphatic carbocycles. The zero-order valence-corrected chi connectivity index (χ0v) is 12.5. The molecule has 3 atom stereocenters. The first kappa shape index (κ1) is 16.7. The molecule has 2 fully saturated rings. The van der Waals surface area contributed by atoms with Crippen molar-refractivity contribution in [3.05, 3.63) is 12.2 Å². The van der Waals surface area contributed by atoms with E-state index in [1.165, 1.54) is 20.0 Å². The van der Waals surface area contributed by atoms with Gasteiger partial charge in [-0.3, -0.25) is 0 Å². The topological polar surface area (TPSA) is 83.8 Å². The van der Waals surface area contributed by atoms with E-state index in [0.717, 1.165) is 18.4 Å². The van der Waals surface area contributed by atoms with E-state index in [4.69, 9.17) is 5.11 Å². The minimum Gasteiger partial charge on any atom is -0.478 e. The largest absolute Gasteiger partial charge is 0.478 e. The van der Waals surface area contributed by atoms with Crippen molar-refractivity contribution >= 4 is 11.9 Å². The van der Waals surface area contributed by atoms with Gasteiger partial charge in [0.15, 0.2) is 0 Å². The SMILES string of the molecule is CC1(C)C2CCC1(C)C(O)C2.COC(=O)/C=C/C(=O)O. The summed E-state index contributed by atoms with van der Waals surface area (Å²) in [5.41, 5.74) is 0.601. The lowest BCUT2D eigenvalue weighted by atomic mass is 9.70. The van der Waals surface area contributed by atoms with Crippen LogP contribution in [0, 0.1) is 16.7 Å². The highest BCUT2D eigenvalue weighted by Crippen LogP contribution is 2.65. The third kappa shape index (κ3) is 3.03. The Morgan fingerprint density at radius 2 is 1.85 bits per heavy atom. The van der Waals surface area contributed by atoms with E-state index in [1.807, 2.05) is 0 Å². The fraction of sp³-hybridized carbons (Fsp3) is 0.733. The molecule has 114 valence electrons. The zero-order valence-electron chi connectivity index (χ0n) is 12.5. The number of fused-ring (bicyclic) bond motifs is 2. The van der Waals surface area contributed by atoms with Gasteiger partial charge in [-0.2, -0.15) is 0 Å². The molecule has 20 heavy (non-hydrogen) atoms. The molecule has 0 aromatic carbocycles. The number of hydrogen-bond donors (Lipinski definition) is 2. The Labute approximate surface area is 119 Å². The molecular weight excluding hydrogens is 260 g/mol. The van der Waals surface area contributed by atoms with Crippen molar-refractivity contribution in [2.75, 3.05) is 7.11 Å². The smallest absolute Gasteiger partial charge is 0.330 e. The van der Waals surface area contributed by atoms with Crippen molar-refractivity contribution in [1.82, 2.24) is 0 Å². The van der Waals surface area contributed by atoms with Gasteiger partial charge in [-0.25, -0.2) is 9.59 Å². The molecule has 0 amide bonds. The number of methoxy groups -OCH3 is 1. The van der Waals surface area contributed by atoms with E-state index in [9.17, 15) is 14.7 Å². The molecule has 2 bridgehead atoms. The van der Waals surface area contributed by atoms with E-state index >= 15 is 0 Å². The van der Waals surface area contributed by atoms with Gasteiger partial charge in [0.25, 0.3) is 0 Å². The summed E-state index contributed by atoms with van der Waals surface area (Å²) in [6.45, 7) is 6.90. The molecule has 0 aromatic heterocycles. The number of esters is 1. The molecule has 0 aromatic rings. The molecule has 0 spiro atoms. The van der Waals surface area contributed by atoms with Gasteiger partial charge < -0.3 is 14.9 Å². The van der Waals surface area contributed by atoms with Crippen LogP contribution >= 0.6 is 0 Å². The summed E-state index contributed by atoms with van der Waals surface area (Å²) < 4.78 is 4.11. The lowest BCUT2D eigenvalue weighted by molar-refractivity contribution is -0.136. The van der Waals surface area contributed by atoms with Gasteiger partial charge in [-0.05, 0) is 36.0 Å². The summed E-state index contributed by atoms with van der Waals surface area (Å²) in [6, 6.07) is 0.